The Bertz CT molecular complexity index is 1100. The van der Waals surface area contributed by atoms with Crippen molar-refractivity contribution in [2.24, 2.45) is 0 Å². The Hall–Kier alpha value is -3.63. The molecule has 0 bridgehead atoms. The van der Waals surface area contributed by atoms with Gasteiger partial charge >= 0.3 is 0 Å². The summed E-state index contributed by atoms with van der Waals surface area (Å²) >= 11 is 5.82. The van der Waals surface area contributed by atoms with E-state index in [0.29, 0.717) is 11.3 Å². The van der Waals surface area contributed by atoms with Gasteiger partial charge < -0.3 is 14.3 Å². The van der Waals surface area contributed by atoms with Crippen LogP contribution < -0.4 is 10.4 Å². The summed E-state index contributed by atoms with van der Waals surface area (Å²) in [6, 6.07) is 9.23. The zero-order valence-corrected chi connectivity index (χ0v) is 14.6. The molecule has 3 rings (SSSR count). The highest BCUT2D eigenvalue weighted by Crippen LogP contribution is 2.29. The van der Waals surface area contributed by atoms with E-state index in [1.807, 2.05) is 0 Å². The Morgan fingerprint density at radius 1 is 1.26 bits per heavy atom. The van der Waals surface area contributed by atoms with Gasteiger partial charge in [-0.25, -0.2) is 0 Å². The smallest absolute Gasteiger partial charge is 0.269 e. The van der Waals surface area contributed by atoms with Crippen LogP contribution in [0.1, 0.15) is 23.0 Å². The van der Waals surface area contributed by atoms with E-state index in [1.165, 1.54) is 25.1 Å². The second-order valence-corrected chi connectivity index (χ2v) is 6.04. The molecule has 0 atom stereocenters. The summed E-state index contributed by atoms with van der Waals surface area (Å²) in [7, 11) is 0. The Kier molecular flexibility index (Phi) is 4.67. The lowest BCUT2D eigenvalue weighted by atomic mass is 9.96. The van der Waals surface area contributed by atoms with Crippen molar-refractivity contribution in [2.75, 3.05) is 0 Å². The van der Waals surface area contributed by atoms with E-state index in [4.69, 9.17) is 21.3 Å². The van der Waals surface area contributed by atoms with Gasteiger partial charge in [-0.3, -0.25) is 14.9 Å². The van der Waals surface area contributed by atoms with Gasteiger partial charge in [-0.15, -0.1) is 0 Å². The highest BCUT2D eigenvalue weighted by atomic mass is 35.5. The Labute approximate surface area is 158 Å². The summed E-state index contributed by atoms with van der Waals surface area (Å²) in [6.45, 7) is 1.50. The van der Waals surface area contributed by atoms with Gasteiger partial charge in [0.2, 0.25) is 0 Å². The Morgan fingerprint density at radius 2 is 2.00 bits per heavy atom. The van der Waals surface area contributed by atoms with Crippen molar-refractivity contribution in [3.63, 3.8) is 0 Å². The third kappa shape index (κ3) is 3.38. The van der Waals surface area contributed by atoms with Crippen molar-refractivity contribution < 1.29 is 23.9 Å². The zero-order chi connectivity index (χ0) is 19.7. The molecule has 7 nitrogen and oxygen atoms in total. The van der Waals surface area contributed by atoms with Crippen LogP contribution in [0.3, 0.4) is 0 Å². The number of benzene rings is 1. The zero-order valence-electron chi connectivity index (χ0n) is 13.8. The number of carboxylic acids is 1. The summed E-state index contributed by atoms with van der Waals surface area (Å²) in [5, 5.41) is 22.3. The van der Waals surface area contributed by atoms with Gasteiger partial charge in [0.15, 0.2) is 0 Å². The topological polar surface area (TPSA) is 123 Å². The number of halogens is 1. The molecule has 8 heteroatoms. The molecular weight excluding hydrogens is 372 g/mol. The first-order valence-electron chi connectivity index (χ1n) is 7.61. The van der Waals surface area contributed by atoms with Gasteiger partial charge in [0, 0.05) is 21.7 Å². The number of amides is 2. The first-order chi connectivity index (χ1) is 12.8. The molecule has 27 heavy (non-hydrogen) atoms. The minimum atomic E-state index is -1.41. The summed E-state index contributed by atoms with van der Waals surface area (Å²) in [5.74, 6) is -2.17. The van der Waals surface area contributed by atoms with Gasteiger partial charge in [0.1, 0.15) is 23.2 Å². The Morgan fingerprint density at radius 3 is 2.67 bits per heavy atom. The number of aromatic carboxylic acids is 1. The van der Waals surface area contributed by atoms with Crippen molar-refractivity contribution in [2.45, 2.75) is 6.92 Å². The maximum Gasteiger partial charge on any atom is 0.269 e. The molecule has 1 aliphatic rings. The van der Waals surface area contributed by atoms with Crippen molar-refractivity contribution >= 4 is 35.5 Å². The summed E-state index contributed by atoms with van der Waals surface area (Å²) in [6.07, 6.45) is 1.40. The maximum atomic E-state index is 12.0. The van der Waals surface area contributed by atoms with Gasteiger partial charge in [-0.2, -0.15) is 5.26 Å². The van der Waals surface area contributed by atoms with Crippen LogP contribution in [0.15, 0.2) is 51.5 Å². The van der Waals surface area contributed by atoms with Gasteiger partial charge in [-0.1, -0.05) is 11.6 Å². The number of hydrogen-bond acceptors (Lipinski definition) is 6. The number of furan rings is 1. The van der Waals surface area contributed by atoms with Crippen LogP contribution >= 0.6 is 11.6 Å². The summed E-state index contributed by atoms with van der Waals surface area (Å²) < 4.78 is 5.64. The first-order valence-corrected chi connectivity index (χ1v) is 7.99. The van der Waals surface area contributed by atoms with Gasteiger partial charge in [0.05, 0.1) is 5.97 Å². The number of hydrogen-bond donors (Lipinski definition) is 1. The van der Waals surface area contributed by atoms with Crippen LogP contribution in [-0.4, -0.2) is 17.8 Å². The first kappa shape index (κ1) is 18.2. The Balaban J connectivity index is 2.01. The third-order valence-corrected chi connectivity index (χ3v) is 4.30. The number of carbonyl (C=O) groups excluding carboxylic acids is 3. The number of nitrogens with one attached hydrogen (secondary N) is 1. The predicted molar refractivity (Wildman–Crippen MR) is 92.9 cm³/mol. The number of carboxylic acid groups (broad SMARTS) is 1. The van der Waals surface area contributed by atoms with Crippen LogP contribution in [-0.2, 0) is 9.59 Å². The van der Waals surface area contributed by atoms with Gasteiger partial charge in [-0.05, 0) is 48.9 Å². The van der Waals surface area contributed by atoms with Crippen molar-refractivity contribution in [3.8, 4) is 17.4 Å². The number of nitriles is 1. The van der Waals surface area contributed by atoms with E-state index in [2.05, 4.69) is 5.32 Å². The fourth-order valence-electron chi connectivity index (χ4n) is 2.58. The van der Waals surface area contributed by atoms with Gasteiger partial charge in [0.25, 0.3) is 11.8 Å². The average Bonchev–Trinajstić information content (AvgIpc) is 3.07. The van der Waals surface area contributed by atoms with Crippen molar-refractivity contribution in [3.05, 3.63) is 63.4 Å². The second-order valence-electron chi connectivity index (χ2n) is 5.64. The van der Waals surface area contributed by atoms with E-state index in [0.717, 1.165) is 0 Å². The minimum absolute atomic E-state index is 0.0426. The predicted octanol–water partition coefficient (Wildman–Crippen LogP) is 1.84. The molecule has 2 heterocycles. The molecule has 0 unspecified atom stereocenters. The van der Waals surface area contributed by atoms with E-state index in [-0.39, 0.29) is 33.1 Å². The fraction of sp³-hybridized carbons (Fsp3) is 0.0526. The molecule has 0 saturated carbocycles. The van der Waals surface area contributed by atoms with Crippen LogP contribution in [0, 0.1) is 11.3 Å². The van der Waals surface area contributed by atoms with Crippen LogP contribution in [0.25, 0.3) is 17.4 Å². The number of nitrogens with zero attached hydrogens (tertiary/aromatic N) is 1. The summed E-state index contributed by atoms with van der Waals surface area (Å²) in [5.41, 5.74) is 0.502. The average molecular weight is 382 g/mol. The normalized spacial score (nSPS) is 15.7. The number of imide groups is 1. The van der Waals surface area contributed by atoms with E-state index in [1.54, 1.807) is 24.3 Å². The lowest BCUT2D eigenvalue weighted by Crippen LogP contribution is -2.37. The molecule has 1 aliphatic heterocycles. The lowest BCUT2D eigenvalue weighted by Gasteiger charge is -2.15. The highest BCUT2D eigenvalue weighted by Gasteiger charge is 2.27. The second kappa shape index (κ2) is 6.94. The molecule has 0 radical (unpaired) electrons. The number of rotatable bonds is 3. The van der Waals surface area contributed by atoms with Crippen molar-refractivity contribution in [1.29, 1.82) is 5.26 Å². The molecule has 2 aromatic rings. The molecule has 1 aromatic carbocycles. The van der Waals surface area contributed by atoms with E-state index < -0.39 is 17.8 Å². The summed E-state index contributed by atoms with van der Waals surface area (Å²) in [4.78, 5) is 34.8. The van der Waals surface area contributed by atoms with Crippen LogP contribution in [0.5, 0.6) is 0 Å². The molecule has 134 valence electrons. The standard InChI is InChI=1S/C19H11ClN2O5/c1-9-12(17(23)22-18(24)14(9)8-21)7-11-3-5-16(27-11)10-2-4-15(20)13(6-10)19(25)26/h2-7H,1H3,(H,25,26)(H,22,23,24)/p-1/b12-7-. The molecule has 2 amide bonds. The molecular formula is C19H10ClN2O5-. The molecule has 0 fully saturated rings. The van der Waals surface area contributed by atoms with E-state index >= 15 is 0 Å². The van der Waals surface area contributed by atoms with Crippen LogP contribution in [0.2, 0.25) is 5.02 Å². The SMILES string of the molecule is CC1=C(C#N)C(=O)NC(=O)/C1=C\c1ccc(-c2ccc(Cl)c(C(=O)[O-])c2)o1. The highest BCUT2D eigenvalue weighted by molar-refractivity contribution is 6.33. The molecule has 0 aliphatic carbocycles. The quantitative estimate of drug-likeness (QED) is 0.639. The monoisotopic (exact) mass is 381 g/mol. The third-order valence-electron chi connectivity index (χ3n) is 3.97. The van der Waals surface area contributed by atoms with Crippen LogP contribution in [0.4, 0.5) is 0 Å². The van der Waals surface area contributed by atoms with Crippen molar-refractivity contribution in [1.82, 2.24) is 5.32 Å². The molecule has 1 N–H and O–H groups in total. The maximum absolute atomic E-state index is 12.0. The number of carbonyl (C=O) groups is 3. The molecule has 0 spiro atoms. The molecule has 1 aromatic heterocycles. The minimum Gasteiger partial charge on any atom is -0.545 e. The molecule has 0 saturated heterocycles. The lowest BCUT2D eigenvalue weighted by molar-refractivity contribution is -0.255. The largest absolute Gasteiger partial charge is 0.545 e. The fourth-order valence-corrected chi connectivity index (χ4v) is 2.77. The van der Waals surface area contributed by atoms with E-state index in [9.17, 15) is 19.5 Å².